The Bertz CT molecular complexity index is 737. The molecule has 0 bridgehead atoms. The molecule has 1 unspecified atom stereocenters. The minimum Gasteiger partial charge on any atom is -0.480 e. The lowest BCUT2D eigenvalue weighted by Gasteiger charge is -2.38. The van der Waals surface area contributed by atoms with E-state index in [1.54, 1.807) is 11.8 Å². The number of hydrogen-bond acceptors (Lipinski definition) is 4. The molecule has 0 aromatic heterocycles. The van der Waals surface area contributed by atoms with Crippen LogP contribution in [0, 0.1) is 5.41 Å². The number of allylic oxidation sites excluding steroid dienone is 2. The topological polar surface area (TPSA) is 66.4 Å². The van der Waals surface area contributed by atoms with Gasteiger partial charge in [0, 0.05) is 27.2 Å². The molecule has 126 valence electrons. The van der Waals surface area contributed by atoms with E-state index in [4.69, 9.17) is 0 Å². The summed E-state index contributed by atoms with van der Waals surface area (Å²) < 4.78 is 0. The molecule has 0 radical (unpaired) electrons. The number of rotatable bonds is 3. The van der Waals surface area contributed by atoms with E-state index in [0.29, 0.717) is 11.3 Å². The number of carbonyl (C=O) groups is 2. The maximum atomic E-state index is 11.3. The highest BCUT2D eigenvalue weighted by atomic mass is 32.2. The minimum absolute atomic E-state index is 0.109. The van der Waals surface area contributed by atoms with Crippen LogP contribution in [0.15, 0.2) is 34.9 Å². The van der Waals surface area contributed by atoms with E-state index in [9.17, 15) is 14.7 Å². The molecule has 0 fully saturated rings. The molecule has 2 N–H and O–H groups in total. The van der Waals surface area contributed by atoms with E-state index in [2.05, 4.69) is 19.2 Å². The van der Waals surface area contributed by atoms with Crippen LogP contribution in [-0.4, -0.2) is 34.5 Å². The van der Waals surface area contributed by atoms with Crippen molar-refractivity contribution in [2.45, 2.75) is 32.7 Å². The van der Waals surface area contributed by atoms with Crippen LogP contribution in [0.1, 0.15) is 37.0 Å². The van der Waals surface area contributed by atoms with Crippen LogP contribution < -0.4 is 10.6 Å². The second-order valence-corrected chi connectivity index (χ2v) is 9.25. The number of hydrogen-bond donors (Lipinski definition) is 2. The average Bonchev–Trinajstić information content (AvgIpc) is 2.54. The van der Waals surface area contributed by atoms with Gasteiger partial charge in [0.2, 0.25) is 0 Å². The molecule has 4 nitrogen and oxygen atoms in total. The number of aldehydes is 1. The van der Waals surface area contributed by atoms with Gasteiger partial charge in [-0.25, -0.2) is 4.79 Å². The van der Waals surface area contributed by atoms with Gasteiger partial charge >= 0.3 is 5.97 Å². The lowest BCUT2D eigenvalue weighted by atomic mass is 9.79. The van der Waals surface area contributed by atoms with Crippen molar-refractivity contribution in [1.29, 1.82) is 0 Å². The van der Waals surface area contributed by atoms with E-state index in [1.165, 1.54) is 10.2 Å². The van der Waals surface area contributed by atoms with E-state index in [1.807, 2.05) is 24.3 Å². The van der Waals surface area contributed by atoms with Crippen LogP contribution in [0.3, 0.4) is 0 Å². The first-order valence-corrected chi connectivity index (χ1v) is 9.74. The molecule has 24 heavy (non-hydrogen) atoms. The smallest absolute Gasteiger partial charge is 0.326 e. The van der Waals surface area contributed by atoms with Crippen LogP contribution in [0.25, 0.3) is 0 Å². The first-order valence-electron chi connectivity index (χ1n) is 7.86. The summed E-state index contributed by atoms with van der Waals surface area (Å²) >= 11 is 1.66. The molecule has 1 heterocycles. The van der Waals surface area contributed by atoms with Crippen LogP contribution in [-0.2, 0) is 4.79 Å². The summed E-state index contributed by atoms with van der Waals surface area (Å²) in [7, 11) is 1.13. The largest absolute Gasteiger partial charge is 0.480 e. The molecule has 1 atom stereocenters. The summed E-state index contributed by atoms with van der Waals surface area (Å²) in [5.74, 6) is -0.237. The maximum Gasteiger partial charge on any atom is 0.326 e. The van der Waals surface area contributed by atoms with Gasteiger partial charge in [0.25, 0.3) is 0 Å². The lowest BCUT2D eigenvalue weighted by Crippen LogP contribution is -2.44. The summed E-state index contributed by atoms with van der Waals surface area (Å²) in [6, 6.07) is 7.15. The highest BCUT2D eigenvalue weighted by Gasteiger charge is 2.36. The summed E-state index contributed by atoms with van der Waals surface area (Å²) in [5.41, 5.74) is 1.86. The Labute approximate surface area is 147 Å². The summed E-state index contributed by atoms with van der Waals surface area (Å²) in [5, 5.41) is 15.0. The third kappa shape index (κ3) is 3.73. The summed E-state index contributed by atoms with van der Waals surface area (Å²) in [6.07, 6.45) is 2.72. The molecule has 1 aromatic rings. The van der Waals surface area contributed by atoms with Crippen LogP contribution in [0.4, 0.5) is 0 Å². The van der Waals surface area contributed by atoms with Gasteiger partial charge in [-0.2, -0.15) is 0 Å². The molecular formula is C18H20NO3PS. The van der Waals surface area contributed by atoms with Crippen molar-refractivity contribution in [2.75, 3.05) is 5.75 Å². The second kappa shape index (κ2) is 6.73. The highest BCUT2D eigenvalue weighted by molar-refractivity contribution is 8.04. The third-order valence-corrected chi connectivity index (χ3v) is 6.81. The number of carboxylic acid groups (broad SMARTS) is 1. The monoisotopic (exact) mass is 361 g/mol. The van der Waals surface area contributed by atoms with Gasteiger partial charge in [-0.1, -0.05) is 34.2 Å². The fourth-order valence-electron chi connectivity index (χ4n) is 3.04. The Morgan fingerprint density at radius 3 is 2.67 bits per heavy atom. The Morgan fingerprint density at radius 2 is 2.04 bits per heavy atom. The molecule has 0 spiro atoms. The normalized spacial score (nSPS) is 24.2. The van der Waals surface area contributed by atoms with Crippen molar-refractivity contribution in [3.05, 3.63) is 40.4 Å². The number of thioether (sulfide) groups is 1. The minimum atomic E-state index is -0.791. The van der Waals surface area contributed by atoms with Crippen molar-refractivity contribution in [2.24, 2.45) is 5.41 Å². The number of nitrogens with one attached hydrogen (secondary N) is 1. The summed E-state index contributed by atoms with van der Waals surface area (Å²) in [4.78, 5) is 23.3. The molecule has 3 rings (SSSR count). The van der Waals surface area contributed by atoms with E-state index < -0.39 is 12.0 Å². The quantitative estimate of drug-likeness (QED) is 0.640. The average molecular weight is 361 g/mol. The molecule has 0 saturated heterocycles. The third-order valence-electron chi connectivity index (χ3n) is 4.17. The van der Waals surface area contributed by atoms with Crippen molar-refractivity contribution >= 4 is 42.8 Å². The van der Waals surface area contributed by atoms with Crippen LogP contribution in [0.5, 0.6) is 0 Å². The SMILES string of the molecule is CC1(C)CC2=C(SCC(C(=O)O)N2)/C(=P/c2ccc(C=O)cc2)C1. The molecule has 1 aromatic carbocycles. The van der Waals surface area contributed by atoms with Gasteiger partial charge in [0.15, 0.2) is 0 Å². The highest BCUT2D eigenvalue weighted by Crippen LogP contribution is 2.43. The van der Waals surface area contributed by atoms with Crippen LogP contribution in [0.2, 0.25) is 0 Å². The first-order chi connectivity index (χ1) is 11.4. The lowest BCUT2D eigenvalue weighted by molar-refractivity contribution is -0.138. The van der Waals surface area contributed by atoms with Gasteiger partial charge in [-0.3, -0.25) is 4.79 Å². The Morgan fingerprint density at radius 1 is 1.33 bits per heavy atom. The fraction of sp³-hybridized carbons (Fsp3) is 0.389. The van der Waals surface area contributed by atoms with Crippen molar-refractivity contribution in [3.8, 4) is 0 Å². The second-order valence-electron chi connectivity index (χ2n) is 6.94. The molecule has 0 amide bonds. The standard InChI is InChI=1S/C18H20NO3PS/c1-18(2)7-13-16(24-10-14(19-13)17(21)22)15(8-18)23-12-5-3-11(9-20)4-6-12/h3-6,9,14,19H,7-8,10H2,1-2H3,(H,21,22). The van der Waals surface area contributed by atoms with Gasteiger partial charge in [0.1, 0.15) is 12.3 Å². The molecule has 2 aliphatic rings. The first kappa shape index (κ1) is 17.2. The Balaban J connectivity index is 1.96. The number of benzene rings is 1. The van der Waals surface area contributed by atoms with Crippen molar-refractivity contribution < 1.29 is 14.7 Å². The fourth-order valence-corrected chi connectivity index (χ4v) is 5.83. The molecular weight excluding hydrogens is 341 g/mol. The van der Waals surface area contributed by atoms with Crippen molar-refractivity contribution in [3.63, 3.8) is 0 Å². The molecule has 1 aliphatic carbocycles. The van der Waals surface area contributed by atoms with E-state index in [0.717, 1.165) is 38.3 Å². The van der Waals surface area contributed by atoms with Gasteiger partial charge in [-0.15, -0.1) is 11.8 Å². The molecule has 6 heteroatoms. The van der Waals surface area contributed by atoms with Gasteiger partial charge < -0.3 is 10.4 Å². The predicted octanol–water partition coefficient (Wildman–Crippen LogP) is 3.06. The molecule has 0 saturated carbocycles. The number of carbonyl (C=O) groups excluding carboxylic acids is 1. The Kier molecular flexibility index (Phi) is 4.84. The van der Waals surface area contributed by atoms with Crippen molar-refractivity contribution in [1.82, 2.24) is 5.32 Å². The van der Waals surface area contributed by atoms with Gasteiger partial charge in [-0.05, 0) is 35.7 Å². The van der Waals surface area contributed by atoms with E-state index >= 15 is 0 Å². The number of carboxylic acids is 1. The predicted molar refractivity (Wildman–Crippen MR) is 100 cm³/mol. The number of aliphatic carboxylic acids is 1. The summed E-state index contributed by atoms with van der Waals surface area (Å²) in [6.45, 7) is 4.44. The van der Waals surface area contributed by atoms with E-state index in [-0.39, 0.29) is 5.41 Å². The molecule has 1 aliphatic heterocycles. The zero-order valence-electron chi connectivity index (χ0n) is 13.7. The maximum absolute atomic E-state index is 11.3. The Hall–Kier alpha value is -1.58. The zero-order chi connectivity index (χ0) is 17.3. The van der Waals surface area contributed by atoms with Gasteiger partial charge in [0.05, 0.1) is 0 Å². The van der Waals surface area contributed by atoms with Crippen LogP contribution >= 0.6 is 20.0 Å². The zero-order valence-corrected chi connectivity index (χ0v) is 15.4.